The fraction of sp³-hybridized carbons (Fsp3) is 0.333. The van der Waals surface area contributed by atoms with Gasteiger partial charge in [0, 0.05) is 36.0 Å². The standard InChI is InChI=1S/C15H17Cl2N3O2/c1-9(19-15(21)10-7-18-20(2)8-10)14(22-3)12-5-4-11(16)6-13(12)17/h4-9,14H,1-3H3,(H,19,21). The van der Waals surface area contributed by atoms with Crippen LogP contribution in [0.2, 0.25) is 10.0 Å². The molecule has 5 nitrogen and oxygen atoms in total. The van der Waals surface area contributed by atoms with Gasteiger partial charge in [0.25, 0.3) is 5.91 Å². The van der Waals surface area contributed by atoms with Crippen molar-refractivity contribution in [3.8, 4) is 0 Å². The Labute approximate surface area is 139 Å². The average Bonchev–Trinajstić information content (AvgIpc) is 2.88. The molecule has 1 heterocycles. The van der Waals surface area contributed by atoms with Crippen molar-refractivity contribution in [1.29, 1.82) is 0 Å². The number of nitrogens with one attached hydrogen (secondary N) is 1. The van der Waals surface area contributed by atoms with Crippen molar-refractivity contribution in [2.45, 2.75) is 19.1 Å². The molecule has 0 bridgehead atoms. The molecule has 1 aromatic carbocycles. The van der Waals surface area contributed by atoms with E-state index in [1.807, 2.05) is 6.92 Å². The highest BCUT2D eigenvalue weighted by Gasteiger charge is 2.23. The molecule has 0 radical (unpaired) electrons. The molecular formula is C15H17Cl2N3O2. The van der Waals surface area contributed by atoms with Crippen molar-refractivity contribution in [3.05, 3.63) is 51.8 Å². The largest absolute Gasteiger partial charge is 0.375 e. The summed E-state index contributed by atoms with van der Waals surface area (Å²) in [4.78, 5) is 12.2. The van der Waals surface area contributed by atoms with Gasteiger partial charge in [0.1, 0.15) is 6.10 Å². The second kappa shape index (κ2) is 7.13. The average molecular weight is 342 g/mol. The van der Waals surface area contributed by atoms with Crippen molar-refractivity contribution in [2.24, 2.45) is 7.05 Å². The Morgan fingerprint density at radius 1 is 1.41 bits per heavy atom. The number of aryl methyl sites for hydroxylation is 1. The Morgan fingerprint density at radius 2 is 2.14 bits per heavy atom. The van der Waals surface area contributed by atoms with Gasteiger partial charge in [0.15, 0.2) is 0 Å². The Morgan fingerprint density at radius 3 is 2.68 bits per heavy atom. The maximum atomic E-state index is 12.2. The quantitative estimate of drug-likeness (QED) is 0.908. The van der Waals surface area contributed by atoms with Gasteiger partial charge in [-0.2, -0.15) is 5.10 Å². The van der Waals surface area contributed by atoms with Crippen LogP contribution in [0, 0.1) is 0 Å². The zero-order valence-corrected chi connectivity index (χ0v) is 14.0. The molecule has 2 aromatic rings. The third-order valence-electron chi connectivity index (χ3n) is 3.30. The first-order valence-corrected chi connectivity index (χ1v) is 7.45. The monoisotopic (exact) mass is 341 g/mol. The number of methoxy groups -OCH3 is 1. The van der Waals surface area contributed by atoms with Crippen molar-refractivity contribution < 1.29 is 9.53 Å². The summed E-state index contributed by atoms with van der Waals surface area (Å²) in [7, 11) is 3.33. The number of aromatic nitrogens is 2. The number of hydrogen-bond donors (Lipinski definition) is 1. The summed E-state index contributed by atoms with van der Waals surface area (Å²) in [5.74, 6) is -0.215. The van der Waals surface area contributed by atoms with E-state index in [1.54, 1.807) is 43.2 Å². The number of hydrogen-bond acceptors (Lipinski definition) is 3. The lowest BCUT2D eigenvalue weighted by Gasteiger charge is -2.24. The van der Waals surface area contributed by atoms with Crippen molar-refractivity contribution >= 4 is 29.1 Å². The van der Waals surface area contributed by atoms with E-state index >= 15 is 0 Å². The molecule has 0 saturated carbocycles. The maximum Gasteiger partial charge on any atom is 0.254 e. The van der Waals surface area contributed by atoms with Gasteiger partial charge in [-0.1, -0.05) is 29.3 Å². The lowest BCUT2D eigenvalue weighted by atomic mass is 10.0. The van der Waals surface area contributed by atoms with Crippen molar-refractivity contribution in [3.63, 3.8) is 0 Å². The summed E-state index contributed by atoms with van der Waals surface area (Å²) in [5.41, 5.74) is 1.26. The topological polar surface area (TPSA) is 56.1 Å². The Kier molecular flexibility index (Phi) is 5.45. The fourth-order valence-electron chi connectivity index (χ4n) is 2.24. The van der Waals surface area contributed by atoms with Crippen LogP contribution in [-0.4, -0.2) is 28.8 Å². The lowest BCUT2D eigenvalue weighted by molar-refractivity contribution is 0.0645. The number of rotatable bonds is 5. The summed E-state index contributed by atoms with van der Waals surface area (Å²) < 4.78 is 7.07. The number of carbonyl (C=O) groups is 1. The predicted octanol–water partition coefficient (Wildman–Crippen LogP) is 3.23. The molecule has 1 N–H and O–H groups in total. The van der Waals surface area contributed by atoms with Crippen LogP contribution in [0.4, 0.5) is 0 Å². The SMILES string of the molecule is COC(c1ccc(Cl)cc1Cl)C(C)NC(=O)c1cnn(C)c1. The van der Waals surface area contributed by atoms with Crippen LogP contribution < -0.4 is 5.32 Å². The second-order valence-electron chi connectivity index (χ2n) is 4.99. The van der Waals surface area contributed by atoms with E-state index in [0.717, 1.165) is 5.56 Å². The normalized spacial score (nSPS) is 13.7. The lowest BCUT2D eigenvalue weighted by Crippen LogP contribution is -2.37. The molecule has 2 atom stereocenters. The summed E-state index contributed by atoms with van der Waals surface area (Å²) in [6.07, 6.45) is 2.78. The van der Waals surface area contributed by atoms with Crippen LogP contribution in [0.1, 0.15) is 28.9 Å². The van der Waals surface area contributed by atoms with Gasteiger partial charge in [-0.15, -0.1) is 0 Å². The zero-order chi connectivity index (χ0) is 16.3. The maximum absolute atomic E-state index is 12.2. The van der Waals surface area contributed by atoms with Crippen LogP contribution in [0.25, 0.3) is 0 Å². The molecule has 0 saturated heterocycles. The first-order chi connectivity index (χ1) is 10.4. The third-order valence-corrected chi connectivity index (χ3v) is 3.87. The molecule has 22 heavy (non-hydrogen) atoms. The van der Waals surface area contributed by atoms with Crippen LogP contribution in [0.3, 0.4) is 0 Å². The second-order valence-corrected chi connectivity index (χ2v) is 5.83. The first kappa shape index (κ1) is 16.8. The van der Waals surface area contributed by atoms with Gasteiger partial charge in [0.2, 0.25) is 0 Å². The highest BCUT2D eigenvalue weighted by atomic mass is 35.5. The molecule has 2 unspecified atom stereocenters. The van der Waals surface area contributed by atoms with E-state index in [9.17, 15) is 4.79 Å². The number of benzene rings is 1. The summed E-state index contributed by atoms with van der Waals surface area (Å²) in [5, 5.41) is 7.93. The van der Waals surface area contributed by atoms with E-state index in [2.05, 4.69) is 10.4 Å². The molecule has 1 amide bonds. The van der Waals surface area contributed by atoms with Crippen molar-refractivity contribution in [2.75, 3.05) is 7.11 Å². The van der Waals surface area contributed by atoms with E-state index in [-0.39, 0.29) is 18.1 Å². The number of nitrogens with zero attached hydrogens (tertiary/aromatic N) is 2. The Balaban J connectivity index is 2.15. The van der Waals surface area contributed by atoms with Gasteiger partial charge >= 0.3 is 0 Å². The highest BCUT2D eigenvalue weighted by molar-refractivity contribution is 6.35. The molecule has 7 heteroatoms. The molecule has 0 spiro atoms. The third kappa shape index (κ3) is 3.80. The van der Waals surface area contributed by atoms with Crippen LogP contribution in [-0.2, 0) is 11.8 Å². The molecule has 0 aliphatic carbocycles. The summed E-state index contributed by atoms with van der Waals surface area (Å²) >= 11 is 12.1. The summed E-state index contributed by atoms with van der Waals surface area (Å²) in [6, 6.07) is 4.91. The van der Waals surface area contributed by atoms with Gasteiger partial charge in [-0.3, -0.25) is 9.48 Å². The van der Waals surface area contributed by atoms with E-state index in [1.165, 1.54) is 6.20 Å². The highest BCUT2D eigenvalue weighted by Crippen LogP contribution is 2.30. The predicted molar refractivity (Wildman–Crippen MR) is 86.3 cm³/mol. The molecule has 118 valence electrons. The number of carbonyl (C=O) groups excluding carboxylic acids is 1. The zero-order valence-electron chi connectivity index (χ0n) is 12.5. The van der Waals surface area contributed by atoms with E-state index in [0.29, 0.717) is 15.6 Å². The van der Waals surface area contributed by atoms with E-state index in [4.69, 9.17) is 27.9 Å². The van der Waals surface area contributed by atoms with E-state index < -0.39 is 0 Å². The number of ether oxygens (including phenoxy) is 1. The molecule has 0 fully saturated rings. The van der Waals surface area contributed by atoms with Gasteiger partial charge in [-0.05, 0) is 19.1 Å². The molecule has 0 aliphatic rings. The number of halogens is 2. The van der Waals surface area contributed by atoms with Gasteiger partial charge < -0.3 is 10.1 Å². The molecule has 1 aromatic heterocycles. The molecule has 0 aliphatic heterocycles. The van der Waals surface area contributed by atoms with Crippen molar-refractivity contribution in [1.82, 2.24) is 15.1 Å². The minimum atomic E-state index is -0.384. The Hall–Kier alpha value is -1.56. The number of amides is 1. The van der Waals surface area contributed by atoms with Crippen LogP contribution >= 0.6 is 23.2 Å². The fourth-order valence-corrected chi connectivity index (χ4v) is 2.75. The smallest absolute Gasteiger partial charge is 0.254 e. The first-order valence-electron chi connectivity index (χ1n) is 6.69. The summed E-state index contributed by atoms with van der Waals surface area (Å²) in [6.45, 7) is 1.85. The Bertz CT molecular complexity index is 673. The molecular weight excluding hydrogens is 325 g/mol. The van der Waals surface area contributed by atoms with Crippen LogP contribution in [0.15, 0.2) is 30.6 Å². The van der Waals surface area contributed by atoms with Gasteiger partial charge in [-0.25, -0.2) is 0 Å². The van der Waals surface area contributed by atoms with Crippen LogP contribution in [0.5, 0.6) is 0 Å². The van der Waals surface area contributed by atoms with Gasteiger partial charge in [0.05, 0.1) is 17.8 Å². The minimum Gasteiger partial charge on any atom is -0.375 e. The minimum absolute atomic E-state index is 0.215. The molecule has 2 rings (SSSR count).